The van der Waals surface area contributed by atoms with Gasteiger partial charge in [-0.3, -0.25) is 4.90 Å². The maximum atomic E-state index is 6.26. The molecule has 4 heteroatoms. The normalized spacial score (nSPS) is 12.8. The van der Waals surface area contributed by atoms with E-state index < -0.39 is 0 Å². The van der Waals surface area contributed by atoms with Crippen molar-refractivity contribution in [3.05, 3.63) is 57.2 Å². The third kappa shape index (κ3) is 5.11. The lowest BCUT2D eigenvalue weighted by Crippen LogP contribution is -2.32. The van der Waals surface area contributed by atoms with Gasteiger partial charge in [-0.1, -0.05) is 35.9 Å². The van der Waals surface area contributed by atoms with E-state index in [1.807, 2.05) is 29.5 Å². The minimum Gasteiger partial charge on any atom is -0.315 e. The molecule has 0 saturated carbocycles. The van der Waals surface area contributed by atoms with Crippen LogP contribution in [0.4, 0.5) is 0 Å². The molecule has 0 radical (unpaired) electrons. The van der Waals surface area contributed by atoms with Crippen molar-refractivity contribution in [3.63, 3.8) is 0 Å². The lowest BCUT2D eigenvalue weighted by atomic mass is 10.1. The van der Waals surface area contributed by atoms with Crippen LogP contribution in [-0.4, -0.2) is 31.6 Å². The molecule has 0 fully saturated rings. The fourth-order valence-electron chi connectivity index (χ4n) is 2.29. The molecular formula is C17H23ClN2S. The predicted octanol–water partition coefficient (Wildman–Crippen LogP) is 4.23. The standard InChI is InChI=1S/C17H23ClN2S/c1-14(16-7-3-4-8-17(16)18)20(2)12-11-19-10-9-15-6-5-13-21-15/h3-8,13-14,19H,9-12H2,1-2H3. The summed E-state index contributed by atoms with van der Waals surface area (Å²) in [4.78, 5) is 3.78. The zero-order valence-corrected chi connectivity index (χ0v) is 14.3. The minimum absolute atomic E-state index is 0.331. The average molecular weight is 323 g/mol. The summed E-state index contributed by atoms with van der Waals surface area (Å²) < 4.78 is 0. The van der Waals surface area contributed by atoms with E-state index in [0.29, 0.717) is 6.04 Å². The molecule has 114 valence electrons. The molecule has 1 unspecified atom stereocenters. The van der Waals surface area contributed by atoms with Crippen molar-refractivity contribution in [2.75, 3.05) is 26.7 Å². The average Bonchev–Trinajstić information content (AvgIpc) is 3.00. The van der Waals surface area contributed by atoms with Gasteiger partial charge in [-0.2, -0.15) is 0 Å². The zero-order chi connectivity index (χ0) is 15.1. The Labute approximate surface area is 136 Å². The number of thiophene rings is 1. The molecule has 1 atom stereocenters. The molecule has 1 N–H and O–H groups in total. The van der Waals surface area contributed by atoms with E-state index in [-0.39, 0.29) is 0 Å². The highest BCUT2D eigenvalue weighted by Gasteiger charge is 2.13. The minimum atomic E-state index is 0.331. The van der Waals surface area contributed by atoms with E-state index in [0.717, 1.165) is 31.1 Å². The second-order valence-corrected chi connectivity index (χ2v) is 6.70. The second-order valence-electron chi connectivity index (χ2n) is 5.26. The molecule has 0 aliphatic heterocycles. The molecule has 0 bridgehead atoms. The van der Waals surface area contributed by atoms with Gasteiger partial charge >= 0.3 is 0 Å². The highest BCUT2D eigenvalue weighted by atomic mass is 35.5. The molecule has 0 aliphatic carbocycles. The van der Waals surface area contributed by atoms with E-state index in [1.54, 1.807) is 0 Å². The Morgan fingerprint density at radius 2 is 2.00 bits per heavy atom. The number of benzene rings is 1. The van der Waals surface area contributed by atoms with Crippen LogP contribution in [0.5, 0.6) is 0 Å². The van der Waals surface area contributed by atoms with Gasteiger partial charge in [0.25, 0.3) is 0 Å². The van der Waals surface area contributed by atoms with Crippen molar-refractivity contribution in [1.82, 2.24) is 10.2 Å². The number of halogens is 1. The van der Waals surface area contributed by atoms with Gasteiger partial charge in [-0.25, -0.2) is 0 Å². The summed E-state index contributed by atoms with van der Waals surface area (Å²) in [7, 11) is 2.15. The van der Waals surface area contributed by atoms with Crippen molar-refractivity contribution in [2.45, 2.75) is 19.4 Å². The first-order valence-electron chi connectivity index (χ1n) is 7.36. The molecular weight excluding hydrogens is 300 g/mol. The quantitative estimate of drug-likeness (QED) is 0.732. The van der Waals surface area contributed by atoms with Crippen LogP contribution in [-0.2, 0) is 6.42 Å². The van der Waals surface area contributed by atoms with E-state index in [2.05, 4.69) is 47.8 Å². The first-order valence-corrected chi connectivity index (χ1v) is 8.62. The Kier molecular flexibility index (Phi) is 6.71. The molecule has 2 aromatic rings. The van der Waals surface area contributed by atoms with Crippen molar-refractivity contribution >= 4 is 22.9 Å². The first-order chi connectivity index (χ1) is 10.2. The van der Waals surface area contributed by atoms with Crippen molar-refractivity contribution in [2.24, 2.45) is 0 Å². The van der Waals surface area contributed by atoms with Gasteiger partial charge in [0, 0.05) is 35.6 Å². The Balaban J connectivity index is 1.69. The van der Waals surface area contributed by atoms with Crippen LogP contribution in [0, 0.1) is 0 Å². The van der Waals surface area contributed by atoms with E-state index in [1.165, 1.54) is 10.4 Å². The fourth-order valence-corrected chi connectivity index (χ4v) is 3.29. The van der Waals surface area contributed by atoms with Gasteiger partial charge in [-0.15, -0.1) is 11.3 Å². The summed E-state index contributed by atoms with van der Waals surface area (Å²) in [6.07, 6.45) is 1.11. The smallest absolute Gasteiger partial charge is 0.0453 e. The lowest BCUT2D eigenvalue weighted by Gasteiger charge is -2.26. The summed E-state index contributed by atoms with van der Waals surface area (Å²) in [5.74, 6) is 0. The van der Waals surface area contributed by atoms with E-state index in [4.69, 9.17) is 11.6 Å². The highest BCUT2D eigenvalue weighted by Crippen LogP contribution is 2.25. The van der Waals surface area contributed by atoms with Crippen molar-refractivity contribution in [3.8, 4) is 0 Å². The number of nitrogens with one attached hydrogen (secondary N) is 1. The Morgan fingerprint density at radius 1 is 1.19 bits per heavy atom. The van der Waals surface area contributed by atoms with Crippen LogP contribution >= 0.6 is 22.9 Å². The maximum absolute atomic E-state index is 6.26. The highest BCUT2D eigenvalue weighted by molar-refractivity contribution is 7.09. The number of hydrogen-bond acceptors (Lipinski definition) is 3. The van der Waals surface area contributed by atoms with Gasteiger partial charge in [0.1, 0.15) is 0 Å². The summed E-state index contributed by atoms with van der Waals surface area (Å²) >= 11 is 8.09. The maximum Gasteiger partial charge on any atom is 0.0453 e. The Hall–Kier alpha value is -0.870. The van der Waals surface area contributed by atoms with E-state index in [9.17, 15) is 0 Å². The van der Waals surface area contributed by atoms with E-state index >= 15 is 0 Å². The summed E-state index contributed by atoms with van der Waals surface area (Å²) in [6.45, 7) is 5.25. The molecule has 2 rings (SSSR count). The SMILES string of the molecule is CC(c1ccccc1Cl)N(C)CCNCCc1cccs1. The van der Waals surface area contributed by atoms with Crippen molar-refractivity contribution < 1.29 is 0 Å². The topological polar surface area (TPSA) is 15.3 Å². The summed E-state index contributed by atoms with van der Waals surface area (Å²) in [6, 6.07) is 12.7. The van der Waals surface area contributed by atoms with Crippen LogP contribution in [0.1, 0.15) is 23.4 Å². The monoisotopic (exact) mass is 322 g/mol. The number of hydrogen-bond donors (Lipinski definition) is 1. The molecule has 21 heavy (non-hydrogen) atoms. The number of rotatable bonds is 8. The largest absolute Gasteiger partial charge is 0.315 e. The molecule has 1 aromatic heterocycles. The number of nitrogens with zero attached hydrogens (tertiary/aromatic N) is 1. The van der Waals surface area contributed by atoms with Crippen LogP contribution in [0.2, 0.25) is 5.02 Å². The Bertz CT molecular complexity index is 527. The van der Waals surface area contributed by atoms with Crippen LogP contribution in [0.25, 0.3) is 0 Å². The second kappa shape index (κ2) is 8.54. The molecule has 2 nitrogen and oxygen atoms in total. The van der Waals surface area contributed by atoms with Crippen LogP contribution < -0.4 is 5.32 Å². The molecule has 0 aliphatic rings. The molecule has 0 amide bonds. The fraction of sp³-hybridized carbons (Fsp3) is 0.412. The molecule has 1 aromatic carbocycles. The third-order valence-electron chi connectivity index (χ3n) is 3.79. The van der Waals surface area contributed by atoms with Gasteiger partial charge in [0.2, 0.25) is 0 Å². The summed E-state index contributed by atoms with van der Waals surface area (Å²) in [5, 5.41) is 6.49. The van der Waals surface area contributed by atoms with Crippen molar-refractivity contribution in [1.29, 1.82) is 0 Å². The van der Waals surface area contributed by atoms with Crippen LogP contribution in [0.15, 0.2) is 41.8 Å². The lowest BCUT2D eigenvalue weighted by molar-refractivity contribution is 0.261. The van der Waals surface area contributed by atoms with Crippen LogP contribution in [0.3, 0.4) is 0 Å². The predicted molar refractivity (Wildman–Crippen MR) is 93.4 cm³/mol. The third-order valence-corrected chi connectivity index (χ3v) is 5.07. The molecule has 0 spiro atoms. The van der Waals surface area contributed by atoms with Gasteiger partial charge in [-0.05, 0) is 43.5 Å². The van der Waals surface area contributed by atoms with Gasteiger partial charge in [0.15, 0.2) is 0 Å². The Morgan fingerprint density at radius 3 is 2.71 bits per heavy atom. The summed E-state index contributed by atoms with van der Waals surface area (Å²) in [5.41, 5.74) is 1.19. The first kappa shape index (κ1) is 16.5. The zero-order valence-electron chi connectivity index (χ0n) is 12.7. The molecule has 0 saturated heterocycles. The molecule has 1 heterocycles. The number of likely N-dealkylation sites (N-methyl/N-ethyl adjacent to an activating group) is 1. The van der Waals surface area contributed by atoms with Gasteiger partial charge in [0.05, 0.1) is 0 Å². The van der Waals surface area contributed by atoms with Gasteiger partial charge < -0.3 is 5.32 Å².